The van der Waals surface area contributed by atoms with Crippen LogP contribution in [0.4, 0.5) is 0 Å². The minimum absolute atomic E-state index is 0.576. The van der Waals surface area contributed by atoms with E-state index in [1.165, 1.54) is 0 Å². The van der Waals surface area contributed by atoms with Crippen LogP contribution in [0.2, 0.25) is 0 Å². The predicted molar refractivity (Wildman–Crippen MR) is 123 cm³/mol. The van der Waals surface area contributed by atoms with Crippen LogP contribution in [-0.4, -0.2) is 73.5 Å². The van der Waals surface area contributed by atoms with Gasteiger partial charge in [-0.2, -0.15) is 0 Å². The summed E-state index contributed by atoms with van der Waals surface area (Å²) in [6, 6.07) is 0. The number of ether oxygens (including phenoxy) is 2. The molecule has 172 valence electrons. The molecule has 0 radical (unpaired) electrons. The van der Waals surface area contributed by atoms with Crippen LogP contribution in [0, 0.1) is 11.8 Å². The minimum atomic E-state index is 0.576. The molecule has 0 unspecified atom stereocenters. The molecule has 8 nitrogen and oxygen atoms in total. The molecule has 0 aromatic carbocycles. The van der Waals surface area contributed by atoms with Gasteiger partial charge < -0.3 is 24.7 Å². The van der Waals surface area contributed by atoms with Gasteiger partial charge in [-0.1, -0.05) is 25.6 Å². The molecule has 0 aliphatic carbocycles. The second-order valence-electron chi connectivity index (χ2n) is 8.12. The Kier molecular flexibility index (Phi) is 12.2. The highest BCUT2D eigenvalue weighted by Gasteiger charge is 2.14. The fraction of sp³-hybridized carbons (Fsp3) is 0.857. The Bertz CT molecular complexity index is 617. The van der Waals surface area contributed by atoms with Gasteiger partial charge >= 0.3 is 0 Å². The zero-order valence-electron chi connectivity index (χ0n) is 19.2. The Morgan fingerprint density at radius 1 is 1.23 bits per heavy atom. The summed E-state index contributed by atoms with van der Waals surface area (Å²) in [6.07, 6.45) is 7.17. The number of aromatic nitrogens is 3. The van der Waals surface area contributed by atoms with Crippen molar-refractivity contribution in [2.75, 3.05) is 52.8 Å². The second kappa shape index (κ2) is 14.6. The third-order valence-corrected chi connectivity index (χ3v) is 5.74. The van der Waals surface area contributed by atoms with E-state index in [1.54, 1.807) is 18.8 Å². The topological polar surface area (TPSA) is 85.6 Å². The molecule has 0 spiro atoms. The largest absolute Gasteiger partial charge is 0.381 e. The number of aryl methyl sites for hydroxylation is 1. The van der Waals surface area contributed by atoms with Gasteiger partial charge in [0, 0.05) is 59.5 Å². The smallest absolute Gasteiger partial charge is 0.190 e. The van der Waals surface area contributed by atoms with Crippen molar-refractivity contribution in [3.8, 4) is 0 Å². The molecule has 1 saturated heterocycles. The van der Waals surface area contributed by atoms with E-state index < -0.39 is 0 Å². The summed E-state index contributed by atoms with van der Waals surface area (Å²) in [4.78, 5) is 4.30. The van der Waals surface area contributed by atoms with Crippen molar-refractivity contribution < 1.29 is 9.47 Å². The van der Waals surface area contributed by atoms with E-state index in [-0.39, 0.29) is 0 Å². The lowest BCUT2D eigenvalue weighted by atomic mass is 10.0. The molecule has 1 aromatic heterocycles. The molecule has 1 aliphatic rings. The normalized spacial score (nSPS) is 15.7. The summed E-state index contributed by atoms with van der Waals surface area (Å²) >= 11 is 1.66. The van der Waals surface area contributed by atoms with Crippen LogP contribution < -0.4 is 10.6 Å². The zero-order chi connectivity index (χ0) is 21.6. The van der Waals surface area contributed by atoms with Crippen LogP contribution in [-0.2, 0) is 22.4 Å². The average Bonchev–Trinajstić information content (AvgIpc) is 3.13. The molecule has 30 heavy (non-hydrogen) atoms. The maximum atomic E-state index is 5.81. The first-order chi connectivity index (χ1) is 14.6. The van der Waals surface area contributed by atoms with E-state index in [2.05, 4.69) is 50.5 Å². The second-order valence-corrected chi connectivity index (χ2v) is 8.89. The molecule has 9 heteroatoms. The number of hydrogen-bond donors (Lipinski definition) is 2. The number of thioether (sulfide) groups is 1. The van der Waals surface area contributed by atoms with E-state index >= 15 is 0 Å². The Hall–Kier alpha value is -1.32. The monoisotopic (exact) mass is 440 g/mol. The lowest BCUT2D eigenvalue weighted by Gasteiger charge is -2.21. The van der Waals surface area contributed by atoms with Gasteiger partial charge in [0.05, 0.1) is 0 Å². The van der Waals surface area contributed by atoms with Gasteiger partial charge in [0.1, 0.15) is 5.82 Å². The fourth-order valence-electron chi connectivity index (χ4n) is 3.42. The summed E-state index contributed by atoms with van der Waals surface area (Å²) in [7, 11) is 1.81. The third kappa shape index (κ3) is 9.22. The molecule has 2 rings (SSSR count). The Morgan fingerprint density at radius 2 is 1.97 bits per heavy atom. The van der Waals surface area contributed by atoms with Crippen LogP contribution in [0.1, 0.15) is 45.4 Å². The Labute approximate surface area is 186 Å². The van der Waals surface area contributed by atoms with Gasteiger partial charge in [-0.15, -0.1) is 10.2 Å². The van der Waals surface area contributed by atoms with E-state index in [9.17, 15) is 0 Å². The molecule has 2 heterocycles. The van der Waals surface area contributed by atoms with Crippen molar-refractivity contribution in [3.63, 3.8) is 0 Å². The van der Waals surface area contributed by atoms with Crippen LogP contribution >= 0.6 is 11.8 Å². The molecule has 0 atom stereocenters. The molecule has 0 bridgehead atoms. The van der Waals surface area contributed by atoms with Gasteiger partial charge in [0.2, 0.25) is 0 Å². The molecule has 1 aliphatic heterocycles. The lowest BCUT2D eigenvalue weighted by molar-refractivity contribution is 0.0203. The van der Waals surface area contributed by atoms with Crippen molar-refractivity contribution in [2.24, 2.45) is 16.8 Å². The highest BCUT2D eigenvalue weighted by Crippen LogP contribution is 2.17. The number of guanidine groups is 1. The molecule has 1 fully saturated rings. The first-order valence-corrected chi connectivity index (χ1v) is 12.4. The Morgan fingerprint density at radius 3 is 2.63 bits per heavy atom. The number of nitrogens with one attached hydrogen (secondary N) is 2. The molecule has 1 aromatic rings. The van der Waals surface area contributed by atoms with Crippen LogP contribution in [0.3, 0.4) is 0 Å². The number of rotatable bonds is 13. The Balaban J connectivity index is 1.57. The quantitative estimate of drug-likeness (QED) is 0.211. The highest BCUT2D eigenvalue weighted by molar-refractivity contribution is 7.98. The molecule has 0 amide bonds. The fourth-order valence-corrected chi connectivity index (χ4v) is 3.94. The van der Waals surface area contributed by atoms with E-state index in [4.69, 9.17) is 9.47 Å². The number of hydrogen-bond acceptors (Lipinski definition) is 6. The average molecular weight is 441 g/mol. The maximum Gasteiger partial charge on any atom is 0.190 e. The maximum absolute atomic E-state index is 5.81. The number of aliphatic imine (C=N–C) groups is 1. The van der Waals surface area contributed by atoms with Crippen molar-refractivity contribution in [2.45, 2.75) is 57.7 Å². The van der Waals surface area contributed by atoms with Gasteiger partial charge in [-0.25, -0.2) is 0 Å². The summed E-state index contributed by atoms with van der Waals surface area (Å²) < 4.78 is 13.4. The van der Waals surface area contributed by atoms with E-state index in [0.29, 0.717) is 11.8 Å². The van der Waals surface area contributed by atoms with Crippen LogP contribution in [0.15, 0.2) is 10.1 Å². The van der Waals surface area contributed by atoms with Gasteiger partial charge in [0.15, 0.2) is 11.1 Å². The highest BCUT2D eigenvalue weighted by atomic mass is 32.2. The summed E-state index contributed by atoms with van der Waals surface area (Å²) in [5.41, 5.74) is 0. The third-order valence-electron chi connectivity index (χ3n) is 5.07. The van der Waals surface area contributed by atoms with Crippen molar-refractivity contribution in [1.82, 2.24) is 25.4 Å². The summed E-state index contributed by atoms with van der Waals surface area (Å²) in [6.45, 7) is 10.5. The first-order valence-electron chi connectivity index (χ1n) is 11.2. The molecular formula is C21H40N6O2S. The lowest BCUT2D eigenvalue weighted by Crippen LogP contribution is -2.38. The van der Waals surface area contributed by atoms with E-state index in [0.717, 1.165) is 95.1 Å². The predicted octanol–water partition coefficient (Wildman–Crippen LogP) is 2.59. The van der Waals surface area contributed by atoms with Crippen molar-refractivity contribution in [3.05, 3.63) is 5.82 Å². The first kappa shape index (κ1) is 24.9. The van der Waals surface area contributed by atoms with Gasteiger partial charge in [0.25, 0.3) is 0 Å². The van der Waals surface area contributed by atoms with Gasteiger partial charge in [-0.3, -0.25) is 4.99 Å². The van der Waals surface area contributed by atoms with Crippen molar-refractivity contribution >= 4 is 17.7 Å². The SMILES string of the molecule is CN=C(NCCCOCC1CCOCC1)NCCCc1nnc(SC)n1CC(C)C. The van der Waals surface area contributed by atoms with E-state index in [1.807, 2.05) is 0 Å². The molecule has 0 saturated carbocycles. The van der Waals surface area contributed by atoms with Crippen LogP contribution in [0.25, 0.3) is 0 Å². The van der Waals surface area contributed by atoms with Gasteiger partial charge in [-0.05, 0) is 43.8 Å². The summed E-state index contributed by atoms with van der Waals surface area (Å²) in [5, 5.41) is 16.4. The molecule has 2 N–H and O–H groups in total. The summed E-state index contributed by atoms with van der Waals surface area (Å²) in [5.74, 6) is 3.15. The van der Waals surface area contributed by atoms with Crippen molar-refractivity contribution in [1.29, 1.82) is 0 Å². The zero-order valence-corrected chi connectivity index (χ0v) is 20.0. The standard InChI is InChI=1S/C21H40N6O2S/c1-17(2)15-27-19(25-26-21(27)30-4)7-5-10-23-20(22-3)24-11-6-12-29-16-18-8-13-28-14-9-18/h17-18H,5-16H2,1-4H3,(H2,22,23,24). The molecular weight excluding hydrogens is 400 g/mol. The number of nitrogens with zero attached hydrogens (tertiary/aromatic N) is 4. The van der Waals surface area contributed by atoms with Crippen LogP contribution in [0.5, 0.6) is 0 Å². The minimum Gasteiger partial charge on any atom is -0.381 e.